The van der Waals surface area contributed by atoms with Crippen LogP contribution >= 0.6 is 0 Å². The van der Waals surface area contributed by atoms with Crippen LogP contribution in [0.15, 0.2) is 48.5 Å². The molecule has 2 aromatic rings. The first-order valence-corrected chi connectivity index (χ1v) is 9.46. The van der Waals surface area contributed by atoms with E-state index in [4.69, 9.17) is 9.47 Å². The predicted octanol–water partition coefficient (Wildman–Crippen LogP) is 2.42. The fourth-order valence-electron chi connectivity index (χ4n) is 3.19. The van der Waals surface area contributed by atoms with Gasteiger partial charge in [0.05, 0.1) is 23.7 Å². The third-order valence-corrected chi connectivity index (χ3v) is 4.76. The molecule has 1 fully saturated rings. The summed E-state index contributed by atoms with van der Waals surface area (Å²) in [5.41, 5.74) is 0.676. The second-order valence-electron chi connectivity index (χ2n) is 6.99. The molecule has 0 spiro atoms. The topological polar surface area (TPSA) is 102 Å². The van der Waals surface area contributed by atoms with Gasteiger partial charge in [-0.25, -0.2) is 4.79 Å². The van der Waals surface area contributed by atoms with Crippen LogP contribution in [0.25, 0.3) is 0 Å². The molecule has 9 nitrogen and oxygen atoms in total. The second kappa shape index (κ2) is 9.36. The molecular weight excluding hydrogens is 390 g/mol. The first kappa shape index (κ1) is 21.3. The molecule has 3 rings (SSSR count). The maximum absolute atomic E-state index is 13.1. The van der Waals surface area contributed by atoms with Crippen LogP contribution in [-0.2, 0) is 14.3 Å². The lowest BCUT2D eigenvalue weighted by molar-refractivity contribution is -0.384. The highest BCUT2D eigenvalue weighted by Gasteiger charge is 2.31. The van der Waals surface area contributed by atoms with Gasteiger partial charge in [0.25, 0.3) is 11.6 Å². The Morgan fingerprint density at radius 2 is 1.80 bits per heavy atom. The Labute approximate surface area is 173 Å². The third kappa shape index (κ3) is 4.74. The van der Waals surface area contributed by atoms with E-state index in [1.54, 1.807) is 54.2 Å². The van der Waals surface area contributed by atoms with E-state index >= 15 is 0 Å². The van der Waals surface area contributed by atoms with E-state index in [-0.39, 0.29) is 17.2 Å². The van der Waals surface area contributed by atoms with Crippen molar-refractivity contribution in [2.45, 2.75) is 6.10 Å². The molecule has 1 saturated heterocycles. The van der Waals surface area contributed by atoms with Crippen LogP contribution in [0.4, 0.5) is 11.4 Å². The Morgan fingerprint density at radius 3 is 2.40 bits per heavy atom. The van der Waals surface area contributed by atoms with Gasteiger partial charge in [-0.2, -0.15) is 0 Å². The normalized spacial score (nSPS) is 14.7. The molecule has 0 N–H and O–H groups in total. The van der Waals surface area contributed by atoms with Gasteiger partial charge in [-0.15, -0.1) is 0 Å². The van der Waals surface area contributed by atoms with Gasteiger partial charge in [0.15, 0.2) is 0 Å². The number of rotatable bonds is 6. The Balaban J connectivity index is 1.89. The highest BCUT2D eigenvalue weighted by molar-refractivity contribution is 5.94. The summed E-state index contributed by atoms with van der Waals surface area (Å²) in [5, 5.41) is 11.4. The lowest BCUT2D eigenvalue weighted by Crippen LogP contribution is -2.44. The summed E-state index contributed by atoms with van der Waals surface area (Å²) in [6.07, 6.45) is -1.15. The molecule has 0 unspecified atom stereocenters. The molecule has 1 aliphatic rings. The number of nitro benzene ring substituents is 1. The maximum atomic E-state index is 13.1. The van der Waals surface area contributed by atoms with Gasteiger partial charge in [-0.05, 0) is 12.1 Å². The maximum Gasteiger partial charge on any atom is 0.339 e. The van der Waals surface area contributed by atoms with Gasteiger partial charge in [0.1, 0.15) is 5.69 Å². The largest absolute Gasteiger partial charge is 0.444 e. The molecule has 0 aliphatic carbocycles. The number of ether oxygens (including phenoxy) is 2. The van der Waals surface area contributed by atoms with Crippen molar-refractivity contribution in [3.05, 3.63) is 69.8 Å². The number of benzene rings is 2. The third-order valence-electron chi connectivity index (χ3n) is 4.76. The Kier molecular flexibility index (Phi) is 6.63. The highest BCUT2D eigenvalue weighted by Crippen LogP contribution is 2.29. The van der Waals surface area contributed by atoms with E-state index in [1.165, 1.54) is 18.2 Å². The highest BCUT2D eigenvalue weighted by atomic mass is 16.6. The van der Waals surface area contributed by atoms with Gasteiger partial charge < -0.3 is 19.3 Å². The average molecular weight is 413 g/mol. The first-order valence-electron chi connectivity index (χ1n) is 9.46. The number of amides is 1. The molecule has 2 aromatic carbocycles. The van der Waals surface area contributed by atoms with Crippen molar-refractivity contribution < 1.29 is 24.0 Å². The number of morpholine rings is 1. The van der Waals surface area contributed by atoms with Gasteiger partial charge in [0.2, 0.25) is 6.10 Å². The van der Waals surface area contributed by atoms with Crippen LogP contribution in [0.5, 0.6) is 0 Å². The van der Waals surface area contributed by atoms with E-state index in [0.29, 0.717) is 37.6 Å². The van der Waals surface area contributed by atoms with Gasteiger partial charge >= 0.3 is 5.97 Å². The van der Waals surface area contributed by atoms with Crippen LogP contribution in [0.1, 0.15) is 22.0 Å². The number of nitro groups is 1. The molecule has 9 heteroatoms. The monoisotopic (exact) mass is 413 g/mol. The van der Waals surface area contributed by atoms with Crippen molar-refractivity contribution in [3.8, 4) is 0 Å². The Hall–Kier alpha value is -3.46. The van der Waals surface area contributed by atoms with Crippen molar-refractivity contribution in [2.24, 2.45) is 0 Å². The van der Waals surface area contributed by atoms with E-state index in [2.05, 4.69) is 0 Å². The summed E-state index contributed by atoms with van der Waals surface area (Å²) >= 11 is 0. The average Bonchev–Trinajstić information content (AvgIpc) is 2.77. The van der Waals surface area contributed by atoms with Crippen LogP contribution in [0, 0.1) is 10.1 Å². The predicted molar refractivity (Wildman–Crippen MR) is 109 cm³/mol. The summed E-state index contributed by atoms with van der Waals surface area (Å²) in [4.78, 5) is 39.9. The van der Waals surface area contributed by atoms with Crippen molar-refractivity contribution in [2.75, 3.05) is 45.3 Å². The molecule has 1 aliphatic heterocycles. The lowest BCUT2D eigenvalue weighted by Gasteiger charge is -2.30. The molecule has 0 saturated carbocycles. The smallest absolute Gasteiger partial charge is 0.339 e. The van der Waals surface area contributed by atoms with Crippen molar-refractivity contribution in [1.82, 2.24) is 4.90 Å². The Bertz CT molecular complexity index is 926. The standard InChI is InChI=1S/C21H23N3O6/c1-22(2)17-9-8-16(14-18(17)24(27)28)21(26)30-19(15-6-4-3-5-7-15)20(25)23-10-12-29-13-11-23/h3-9,14,19H,10-13H2,1-2H3/t19-/m0/s1. The zero-order valence-electron chi connectivity index (χ0n) is 16.8. The summed E-state index contributed by atoms with van der Waals surface area (Å²) in [6, 6.07) is 12.8. The number of nitrogens with zero attached hydrogens (tertiary/aromatic N) is 3. The molecule has 1 amide bonds. The second-order valence-corrected chi connectivity index (χ2v) is 6.99. The van der Waals surface area contributed by atoms with Crippen LogP contribution in [0.2, 0.25) is 0 Å². The Morgan fingerprint density at radius 1 is 1.13 bits per heavy atom. The van der Waals surface area contributed by atoms with Crippen molar-refractivity contribution in [3.63, 3.8) is 0 Å². The van der Waals surface area contributed by atoms with E-state index in [0.717, 1.165) is 0 Å². The summed E-state index contributed by atoms with van der Waals surface area (Å²) in [7, 11) is 3.35. The minimum Gasteiger partial charge on any atom is -0.444 e. The number of anilines is 1. The van der Waals surface area contributed by atoms with Gasteiger partial charge in [-0.3, -0.25) is 14.9 Å². The minimum absolute atomic E-state index is 0.00279. The van der Waals surface area contributed by atoms with Gasteiger partial charge in [0, 0.05) is 38.8 Å². The van der Waals surface area contributed by atoms with Crippen molar-refractivity contribution >= 4 is 23.3 Å². The number of hydrogen-bond acceptors (Lipinski definition) is 7. The summed E-state index contributed by atoms with van der Waals surface area (Å²) in [5.74, 6) is -1.16. The van der Waals surface area contributed by atoms with Crippen LogP contribution in [0.3, 0.4) is 0 Å². The zero-order chi connectivity index (χ0) is 21.7. The SMILES string of the molecule is CN(C)c1ccc(C(=O)O[C@H](C(=O)N2CCOCC2)c2ccccc2)cc1[N+](=O)[O-]. The van der Waals surface area contributed by atoms with Gasteiger partial charge in [-0.1, -0.05) is 30.3 Å². The van der Waals surface area contributed by atoms with Crippen LogP contribution < -0.4 is 4.90 Å². The number of carbonyl (C=O) groups is 2. The molecule has 30 heavy (non-hydrogen) atoms. The minimum atomic E-state index is -1.15. The molecule has 0 aromatic heterocycles. The molecular formula is C21H23N3O6. The fraction of sp³-hybridized carbons (Fsp3) is 0.333. The molecule has 1 heterocycles. The fourth-order valence-corrected chi connectivity index (χ4v) is 3.19. The summed E-state index contributed by atoms with van der Waals surface area (Å²) < 4.78 is 10.8. The number of carbonyl (C=O) groups excluding carboxylic acids is 2. The quantitative estimate of drug-likeness (QED) is 0.407. The van der Waals surface area contributed by atoms with E-state index in [1.807, 2.05) is 0 Å². The first-order chi connectivity index (χ1) is 14.4. The van der Waals surface area contributed by atoms with E-state index < -0.39 is 17.0 Å². The van der Waals surface area contributed by atoms with Crippen LogP contribution in [-0.4, -0.2) is 62.1 Å². The molecule has 1 atom stereocenters. The summed E-state index contributed by atoms with van der Waals surface area (Å²) in [6.45, 7) is 1.64. The molecule has 0 radical (unpaired) electrons. The molecule has 158 valence electrons. The van der Waals surface area contributed by atoms with E-state index in [9.17, 15) is 19.7 Å². The van der Waals surface area contributed by atoms with Crippen molar-refractivity contribution in [1.29, 1.82) is 0 Å². The lowest BCUT2D eigenvalue weighted by atomic mass is 10.1. The zero-order valence-corrected chi connectivity index (χ0v) is 16.8. The number of esters is 1. The molecule has 0 bridgehead atoms. The number of hydrogen-bond donors (Lipinski definition) is 0.